The summed E-state index contributed by atoms with van der Waals surface area (Å²) in [7, 11) is 0. The van der Waals surface area contributed by atoms with Gasteiger partial charge in [-0.15, -0.1) is 0 Å². The van der Waals surface area contributed by atoms with Crippen LogP contribution in [0.1, 0.15) is 24.9 Å². The van der Waals surface area contributed by atoms with Gasteiger partial charge in [-0.1, -0.05) is 0 Å². The van der Waals surface area contributed by atoms with E-state index in [0.717, 1.165) is 15.8 Å². The van der Waals surface area contributed by atoms with Crippen LogP contribution in [0, 0.1) is 0 Å². The molecule has 26 heavy (non-hydrogen) atoms. The maximum atomic E-state index is 13.4. The number of rotatable bonds is 6. The third-order valence-corrected chi connectivity index (χ3v) is 8.55. The molecule has 2 aromatic rings. The van der Waals surface area contributed by atoms with Crippen LogP contribution in [0.15, 0.2) is 60.7 Å². The summed E-state index contributed by atoms with van der Waals surface area (Å²) in [6.07, 6.45) is -0.109. The van der Waals surface area contributed by atoms with Crippen molar-refractivity contribution in [3.05, 3.63) is 66.2 Å². The van der Waals surface area contributed by atoms with E-state index in [-0.39, 0.29) is 26.9 Å². The van der Waals surface area contributed by atoms with E-state index in [4.69, 9.17) is 12.2 Å². The van der Waals surface area contributed by atoms with E-state index in [1.807, 2.05) is 67.6 Å². The van der Waals surface area contributed by atoms with Gasteiger partial charge in [0.1, 0.15) is 0 Å². The van der Waals surface area contributed by atoms with Crippen molar-refractivity contribution in [1.82, 2.24) is 4.90 Å². The maximum absolute atomic E-state index is 13.4. The average molecular weight is 450 g/mol. The Hall–Kier alpha value is -1.17. The first-order chi connectivity index (χ1) is 12.6. The second-order valence-corrected chi connectivity index (χ2v) is 10.2. The zero-order chi connectivity index (χ0) is 18.5. The SMILES string of the molecule is CC[C@H](O)[C@@H]([Se]c1ccccc1)C(=O)N1C(=S)SC[C@H]1c1ccccc1. The van der Waals surface area contributed by atoms with Crippen molar-refractivity contribution < 1.29 is 9.90 Å². The zero-order valence-corrected chi connectivity index (χ0v) is 17.8. The number of hydrogen-bond donors (Lipinski definition) is 1. The van der Waals surface area contributed by atoms with Crippen molar-refractivity contribution in [3.8, 4) is 0 Å². The van der Waals surface area contributed by atoms with Gasteiger partial charge in [-0.05, 0) is 0 Å². The standard InChI is InChI=1S/C20H21NO2S2Se/c1-2-17(22)18(26-15-11-7-4-8-12-15)19(23)21-16(13-25-20(21)24)14-9-5-3-6-10-14/h3-12,16-18,22H,2,13H2,1H3/t16-,17-,18+/m0/s1. The van der Waals surface area contributed by atoms with Crippen LogP contribution in [0.2, 0.25) is 4.82 Å². The molecule has 2 aromatic carbocycles. The van der Waals surface area contributed by atoms with Crippen LogP contribution in [-0.2, 0) is 4.79 Å². The number of aliphatic hydroxyl groups is 1. The average Bonchev–Trinajstić information content (AvgIpc) is 3.08. The molecule has 0 spiro atoms. The van der Waals surface area contributed by atoms with Gasteiger partial charge in [0, 0.05) is 0 Å². The molecule has 3 nitrogen and oxygen atoms in total. The molecule has 1 aliphatic heterocycles. The minimum absolute atomic E-state index is 0.0490. The number of carbonyl (C=O) groups excluding carboxylic acids is 1. The van der Waals surface area contributed by atoms with Gasteiger partial charge in [0.25, 0.3) is 0 Å². The molecule has 1 aliphatic rings. The molecule has 1 fully saturated rings. The molecular formula is C20H21NO2S2Se. The fourth-order valence-corrected chi connectivity index (χ4v) is 6.75. The Morgan fingerprint density at radius 1 is 1.23 bits per heavy atom. The summed E-state index contributed by atoms with van der Waals surface area (Å²) >= 11 is 6.88. The van der Waals surface area contributed by atoms with Gasteiger partial charge < -0.3 is 0 Å². The molecule has 0 saturated carbocycles. The number of amides is 1. The third kappa shape index (κ3) is 4.38. The van der Waals surface area contributed by atoms with Gasteiger partial charge in [-0.2, -0.15) is 0 Å². The van der Waals surface area contributed by atoms with Crippen molar-refractivity contribution in [2.24, 2.45) is 0 Å². The number of carbonyl (C=O) groups is 1. The van der Waals surface area contributed by atoms with Crippen LogP contribution in [0.5, 0.6) is 0 Å². The number of thioether (sulfide) groups is 1. The van der Waals surface area contributed by atoms with Crippen molar-refractivity contribution in [3.63, 3.8) is 0 Å². The molecule has 1 heterocycles. The summed E-state index contributed by atoms with van der Waals surface area (Å²) in [6, 6.07) is 19.9. The van der Waals surface area contributed by atoms with Crippen LogP contribution >= 0.6 is 24.0 Å². The first-order valence-electron chi connectivity index (χ1n) is 8.56. The first-order valence-corrected chi connectivity index (χ1v) is 11.8. The summed E-state index contributed by atoms with van der Waals surface area (Å²) in [6.45, 7) is 1.91. The number of benzene rings is 2. The van der Waals surface area contributed by atoms with Gasteiger partial charge in [-0.3, -0.25) is 0 Å². The molecule has 1 saturated heterocycles. The predicted molar refractivity (Wildman–Crippen MR) is 113 cm³/mol. The van der Waals surface area contributed by atoms with E-state index in [0.29, 0.717) is 10.7 Å². The predicted octanol–water partition coefficient (Wildman–Crippen LogP) is 3.18. The third-order valence-electron chi connectivity index (χ3n) is 4.31. The number of aliphatic hydroxyl groups excluding tert-OH is 1. The molecule has 0 unspecified atom stereocenters. The van der Waals surface area contributed by atoms with Gasteiger partial charge >= 0.3 is 171 Å². The molecule has 3 atom stereocenters. The second-order valence-electron chi connectivity index (χ2n) is 6.04. The van der Waals surface area contributed by atoms with E-state index in [1.54, 1.807) is 16.7 Å². The van der Waals surface area contributed by atoms with Crippen molar-refractivity contribution in [1.29, 1.82) is 0 Å². The van der Waals surface area contributed by atoms with Crippen LogP contribution in [-0.4, -0.2) is 47.0 Å². The topological polar surface area (TPSA) is 40.5 Å². The summed E-state index contributed by atoms with van der Waals surface area (Å²) in [4.78, 5) is 14.7. The Bertz CT molecular complexity index is 757. The molecular weight excluding hydrogens is 429 g/mol. The summed E-state index contributed by atoms with van der Waals surface area (Å²) in [5.41, 5.74) is 1.09. The Morgan fingerprint density at radius 2 is 1.85 bits per heavy atom. The van der Waals surface area contributed by atoms with Crippen LogP contribution in [0.3, 0.4) is 0 Å². The molecule has 0 bridgehead atoms. The normalized spacial score (nSPS) is 19.4. The summed E-state index contributed by atoms with van der Waals surface area (Å²) in [5, 5.41) is 10.6. The van der Waals surface area contributed by atoms with E-state index >= 15 is 0 Å². The molecule has 0 aliphatic carbocycles. The number of hydrogen-bond acceptors (Lipinski definition) is 4. The Morgan fingerprint density at radius 3 is 2.46 bits per heavy atom. The van der Waals surface area contributed by atoms with E-state index < -0.39 is 10.9 Å². The zero-order valence-electron chi connectivity index (χ0n) is 14.4. The Kier molecular flexibility index (Phi) is 6.90. The monoisotopic (exact) mass is 451 g/mol. The number of nitrogens with zero attached hydrogens (tertiary/aromatic N) is 1. The van der Waals surface area contributed by atoms with E-state index in [9.17, 15) is 9.90 Å². The Labute approximate surface area is 170 Å². The molecule has 0 radical (unpaired) electrons. The van der Waals surface area contributed by atoms with Gasteiger partial charge in [0.15, 0.2) is 0 Å². The number of thiocarbonyl (C=S) groups is 1. The fraction of sp³-hybridized carbons (Fsp3) is 0.300. The molecule has 6 heteroatoms. The van der Waals surface area contributed by atoms with E-state index in [1.165, 1.54) is 0 Å². The van der Waals surface area contributed by atoms with Crippen LogP contribution in [0.4, 0.5) is 0 Å². The van der Waals surface area contributed by atoms with E-state index in [2.05, 4.69) is 0 Å². The van der Waals surface area contributed by atoms with Gasteiger partial charge in [0.05, 0.1) is 0 Å². The second kappa shape index (κ2) is 9.16. The van der Waals surface area contributed by atoms with Crippen molar-refractivity contribution in [2.45, 2.75) is 30.3 Å². The van der Waals surface area contributed by atoms with Crippen molar-refractivity contribution in [2.75, 3.05) is 5.75 Å². The van der Waals surface area contributed by atoms with Crippen LogP contribution < -0.4 is 4.46 Å². The Balaban J connectivity index is 1.87. The fourth-order valence-electron chi connectivity index (χ4n) is 2.88. The van der Waals surface area contributed by atoms with Gasteiger partial charge in [0.2, 0.25) is 0 Å². The molecule has 136 valence electrons. The molecule has 1 amide bonds. The summed E-state index contributed by atoms with van der Waals surface area (Å²) in [5.74, 6) is 0.717. The van der Waals surface area contributed by atoms with Crippen LogP contribution in [0.25, 0.3) is 0 Å². The molecule has 1 N–H and O–H groups in total. The quantitative estimate of drug-likeness (QED) is 0.542. The van der Waals surface area contributed by atoms with Crippen molar-refractivity contribution >= 4 is 53.6 Å². The first kappa shape index (κ1) is 19.6. The minimum atomic E-state index is -0.660. The summed E-state index contributed by atoms with van der Waals surface area (Å²) < 4.78 is 1.72. The molecule has 0 aromatic heterocycles. The van der Waals surface area contributed by atoms with Gasteiger partial charge in [-0.25, -0.2) is 0 Å². The molecule has 3 rings (SSSR count).